The van der Waals surface area contributed by atoms with Gasteiger partial charge in [-0.2, -0.15) is 14.4 Å². The van der Waals surface area contributed by atoms with Crippen LogP contribution in [-0.4, -0.2) is 46.5 Å². The van der Waals surface area contributed by atoms with Gasteiger partial charge in [-0.15, -0.1) is 0 Å². The highest BCUT2D eigenvalue weighted by Crippen LogP contribution is 2.40. The average Bonchev–Trinajstić information content (AvgIpc) is 0.754. The Hall–Kier alpha value is -12.0. The van der Waals surface area contributed by atoms with Gasteiger partial charge in [0.25, 0.3) is 0 Å². The van der Waals surface area contributed by atoms with Gasteiger partial charge in [-0.1, -0.05) is 197 Å². The summed E-state index contributed by atoms with van der Waals surface area (Å²) in [6.07, 6.45) is 0. The van der Waals surface area contributed by atoms with Crippen LogP contribution in [0.25, 0.3) is 82.0 Å². The second-order valence-electron chi connectivity index (χ2n) is 34.0. The summed E-state index contributed by atoms with van der Waals surface area (Å²) in [5.74, 6) is 20.6. The third kappa shape index (κ3) is 14.7. The van der Waals surface area contributed by atoms with E-state index in [-0.39, 0.29) is 32.5 Å². The van der Waals surface area contributed by atoms with E-state index in [0.717, 1.165) is 149 Å². The Balaban J connectivity index is 0.880. The number of rotatable bonds is 6. The first-order chi connectivity index (χ1) is 49.6. The number of fused-ring (bicyclic) bond motifs is 6. The molecule has 0 spiro atoms. The Bertz CT molecular complexity index is 5300. The standard InChI is InChI=1S/C96H87N9/c1-91(2,3)67-37-43-79-73(52-67)85(74-53-68(92(4,5)6)38-44-80(74)100-79)88(103-97)64-31-25-58(26-32-64)19-22-61-49-62(23-20-59-27-33-65(34-28-59)89(104-98)86-75-54-69(93(7,8)9)39-45-81(75)101-82-46-40-70(55-76(82)86)94(10,11)12)51-63(50-61)24-21-60-29-35-66(36-30-60)90(105-99)87-77-56-71(95(13,14)15)41-47-83(77)102-84-48-42-72(57-78(84)87)96(16,17)18/h25-57H,1-18H3. The lowest BCUT2D eigenvalue weighted by molar-refractivity contribution is -0.00301. The second-order valence-corrected chi connectivity index (χ2v) is 34.0. The molecule has 0 unspecified atom stereocenters. The number of pyridine rings is 3. The van der Waals surface area contributed by atoms with Crippen molar-refractivity contribution in [3.05, 3.63) is 317 Å². The van der Waals surface area contributed by atoms with Crippen molar-refractivity contribution in [2.45, 2.75) is 157 Å². The van der Waals surface area contributed by atoms with Crippen LogP contribution < -0.4 is 0 Å². The second kappa shape index (κ2) is 27.0. The van der Waals surface area contributed by atoms with Gasteiger partial charge in [-0.25, -0.2) is 15.0 Å². The van der Waals surface area contributed by atoms with Crippen LogP contribution in [0.5, 0.6) is 0 Å². The van der Waals surface area contributed by atoms with Gasteiger partial charge in [0.15, 0.2) is 0 Å². The van der Waals surface area contributed by atoms with E-state index >= 15 is 0 Å². The van der Waals surface area contributed by atoms with Crippen molar-refractivity contribution in [1.29, 1.82) is 0 Å². The smallest absolute Gasteiger partial charge is 0.331 e. The molecule has 3 aromatic heterocycles. The van der Waals surface area contributed by atoms with E-state index < -0.39 is 0 Å². The van der Waals surface area contributed by atoms with E-state index in [1.165, 1.54) is 0 Å². The van der Waals surface area contributed by atoms with Crippen molar-refractivity contribution in [2.24, 2.45) is 0 Å². The van der Waals surface area contributed by atoms with Crippen LogP contribution in [0.4, 0.5) is 0 Å². The third-order valence-electron chi connectivity index (χ3n) is 20.0. The lowest BCUT2D eigenvalue weighted by atomic mass is 9.83. The molecule has 105 heavy (non-hydrogen) atoms. The highest BCUT2D eigenvalue weighted by atomic mass is 14.9. The third-order valence-corrected chi connectivity index (χ3v) is 20.0. The van der Waals surface area contributed by atoms with Gasteiger partial charge < -0.3 is 16.6 Å². The Morgan fingerprint density at radius 3 is 0.562 bits per heavy atom. The fraction of sp³-hybridized carbons (Fsp3) is 0.250. The molecule has 0 amide bonds. The predicted octanol–water partition coefficient (Wildman–Crippen LogP) is 22.0. The van der Waals surface area contributed by atoms with Crippen LogP contribution in [0.3, 0.4) is 0 Å². The summed E-state index contributed by atoms with van der Waals surface area (Å²) in [5.41, 5.74) is 54.6. The van der Waals surface area contributed by atoms with Crippen LogP contribution in [0.1, 0.15) is 225 Å². The maximum absolute atomic E-state index is 11.1. The van der Waals surface area contributed by atoms with Gasteiger partial charge in [0.05, 0.1) is 66.5 Å². The average molecular weight is 1370 g/mol. The topological polar surface area (TPSA) is 148 Å². The zero-order valence-corrected chi connectivity index (χ0v) is 63.6. The first kappa shape index (κ1) is 71.4. The molecule has 13 aromatic rings. The largest absolute Gasteiger partial charge is 0.361 e. The molecule has 0 saturated carbocycles. The molecule has 0 atom stereocenters. The highest BCUT2D eigenvalue weighted by Gasteiger charge is 2.31. The Morgan fingerprint density at radius 2 is 0.400 bits per heavy atom. The summed E-state index contributed by atoms with van der Waals surface area (Å²) in [5, 5.41) is 5.45. The molecule has 9 nitrogen and oxygen atoms in total. The van der Waals surface area contributed by atoms with Crippen LogP contribution >= 0.6 is 0 Å². The van der Waals surface area contributed by atoms with Crippen LogP contribution in [-0.2, 0) is 32.5 Å². The predicted molar refractivity (Wildman–Crippen MR) is 434 cm³/mol. The van der Waals surface area contributed by atoms with Crippen molar-refractivity contribution in [3.8, 4) is 35.5 Å². The summed E-state index contributed by atoms with van der Waals surface area (Å²) in [6.45, 7) is 39.5. The lowest BCUT2D eigenvalue weighted by Crippen LogP contribution is -2.14. The molecule has 10 aromatic carbocycles. The molecule has 13 rings (SSSR count). The molecule has 3 heterocycles. The van der Waals surface area contributed by atoms with Crippen molar-refractivity contribution >= 4 is 82.6 Å². The van der Waals surface area contributed by atoms with E-state index in [4.69, 9.17) is 15.0 Å². The van der Waals surface area contributed by atoms with Gasteiger partial charge in [-0.05, 0) is 230 Å². The minimum absolute atomic E-state index is 0.139. The monoisotopic (exact) mass is 1370 g/mol. The maximum atomic E-state index is 11.1. The summed E-state index contributed by atoms with van der Waals surface area (Å²) in [6, 6.07) is 67.7. The van der Waals surface area contributed by atoms with Gasteiger partial charge in [0, 0.05) is 65.7 Å². The Labute approximate surface area is 617 Å². The summed E-state index contributed by atoms with van der Waals surface area (Å²) in [4.78, 5) is 27.6. The van der Waals surface area contributed by atoms with Crippen molar-refractivity contribution < 1.29 is 14.4 Å². The first-order valence-corrected chi connectivity index (χ1v) is 36.0. The zero-order valence-electron chi connectivity index (χ0n) is 63.6. The van der Waals surface area contributed by atoms with Gasteiger partial charge >= 0.3 is 17.1 Å². The van der Waals surface area contributed by atoms with E-state index in [0.29, 0.717) is 33.8 Å². The molecule has 9 heteroatoms. The number of hydrogen-bond donors (Lipinski definition) is 0. The fourth-order valence-corrected chi connectivity index (χ4v) is 13.6. The SMILES string of the molecule is CC(C)(C)c1ccc2nc3ccc(C(C)(C)C)cc3c(C(=[N+]=[N-])c3ccc(C#Cc4cc(C#Cc5ccc(C(=[N+]=[N-])c6c7cc(C(C)(C)C)ccc7nc7ccc(C(C)(C)C)cc67)cc5)cc(C#Cc5ccc(C(=[N+]=[N-])c6c7cc(C(C)(C)C)ccc7nc7ccc(C(C)(C)C)cc67)cc5)c4)cc3)c2c1. The molecular formula is C96H87N9. The quantitative estimate of drug-likeness (QED) is 0.0536. The molecule has 0 aliphatic rings. The first-order valence-electron chi connectivity index (χ1n) is 36.0. The van der Waals surface area contributed by atoms with Crippen molar-refractivity contribution in [2.75, 3.05) is 0 Å². The molecule has 0 fully saturated rings. The molecule has 0 radical (unpaired) electrons. The number of aromatic nitrogens is 3. The van der Waals surface area contributed by atoms with Crippen molar-refractivity contribution in [3.63, 3.8) is 0 Å². The highest BCUT2D eigenvalue weighted by molar-refractivity contribution is 6.26. The summed E-state index contributed by atoms with van der Waals surface area (Å²) >= 11 is 0. The maximum Gasteiger partial charge on any atom is 0.331 e. The molecule has 0 saturated heterocycles. The van der Waals surface area contributed by atoms with E-state index in [1.807, 2.05) is 91.0 Å². The molecule has 0 aliphatic heterocycles. The zero-order chi connectivity index (χ0) is 74.9. The fourth-order valence-electron chi connectivity index (χ4n) is 13.6. The summed E-state index contributed by atoms with van der Waals surface area (Å²) in [7, 11) is 0. The Kier molecular flexibility index (Phi) is 18.4. The van der Waals surface area contributed by atoms with Gasteiger partial charge in [0.2, 0.25) is 0 Å². The lowest BCUT2D eigenvalue weighted by Gasteiger charge is -2.21. The number of benzene rings is 10. The Morgan fingerprint density at radius 1 is 0.229 bits per heavy atom. The molecule has 516 valence electrons. The molecule has 0 N–H and O–H groups in total. The van der Waals surface area contributed by atoms with Gasteiger partial charge in [0.1, 0.15) is 0 Å². The molecular weight excluding hydrogens is 1280 g/mol. The van der Waals surface area contributed by atoms with E-state index in [9.17, 15) is 16.6 Å². The molecule has 0 aliphatic carbocycles. The number of hydrogen-bond acceptors (Lipinski definition) is 3. The van der Waals surface area contributed by atoms with Crippen LogP contribution in [0.15, 0.2) is 200 Å². The molecule has 0 bridgehead atoms. The minimum Gasteiger partial charge on any atom is -0.361 e. The van der Waals surface area contributed by atoms with E-state index in [1.54, 1.807) is 0 Å². The van der Waals surface area contributed by atoms with Crippen LogP contribution in [0.2, 0.25) is 0 Å². The normalized spacial score (nSPS) is 12.1. The number of nitrogens with zero attached hydrogens (tertiary/aromatic N) is 9. The van der Waals surface area contributed by atoms with Gasteiger partial charge in [-0.3, -0.25) is 0 Å². The summed E-state index contributed by atoms with van der Waals surface area (Å²) < 4.78 is 0. The van der Waals surface area contributed by atoms with Crippen LogP contribution in [0, 0.1) is 35.5 Å². The van der Waals surface area contributed by atoms with Crippen molar-refractivity contribution in [1.82, 2.24) is 15.0 Å². The van der Waals surface area contributed by atoms with E-state index in [2.05, 4.69) is 284 Å². The minimum atomic E-state index is -0.139.